The van der Waals surface area contributed by atoms with Crippen LogP contribution >= 0.6 is 11.5 Å². The maximum absolute atomic E-state index is 12.6. The van der Waals surface area contributed by atoms with Gasteiger partial charge in [0.15, 0.2) is 0 Å². The van der Waals surface area contributed by atoms with E-state index >= 15 is 0 Å². The van der Waals surface area contributed by atoms with E-state index in [1.807, 2.05) is 0 Å². The monoisotopic (exact) mass is 329 g/mol. The van der Waals surface area contributed by atoms with Crippen LogP contribution in [-0.4, -0.2) is 34.9 Å². The largest absolute Gasteiger partial charge is 0.220 e. The molecule has 0 bridgehead atoms. The molecular formula is C14H23N3O2S2. The fourth-order valence-corrected chi connectivity index (χ4v) is 6.02. The lowest BCUT2D eigenvalue weighted by atomic mass is 9.98. The van der Waals surface area contributed by atoms with E-state index in [1.165, 1.54) is 43.6 Å². The molecule has 1 saturated heterocycles. The standard InChI is InChI=1S/C14H23N3O2S2/c18-21(19,11-13-10-20-16-15-13)17-9-3-6-14(17)8-7-12-4-1-2-5-12/h10,12,14H,1-9,11H2. The fourth-order valence-electron chi connectivity index (χ4n) is 3.71. The third-order valence-corrected chi connectivity index (χ3v) is 7.21. The van der Waals surface area contributed by atoms with E-state index in [1.54, 1.807) is 9.69 Å². The lowest BCUT2D eigenvalue weighted by molar-refractivity contribution is 0.338. The third-order valence-electron chi connectivity index (χ3n) is 4.80. The van der Waals surface area contributed by atoms with Crippen molar-refractivity contribution < 1.29 is 8.42 Å². The number of hydrogen-bond donors (Lipinski definition) is 0. The zero-order valence-corrected chi connectivity index (χ0v) is 13.9. The molecule has 1 unspecified atom stereocenters. The summed E-state index contributed by atoms with van der Waals surface area (Å²) in [6.07, 6.45) is 9.61. The molecule has 2 heterocycles. The van der Waals surface area contributed by atoms with Gasteiger partial charge < -0.3 is 0 Å². The molecule has 7 heteroatoms. The van der Waals surface area contributed by atoms with Crippen molar-refractivity contribution in [3.63, 3.8) is 0 Å². The molecule has 0 spiro atoms. The highest BCUT2D eigenvalue weighted by Gasteiger charge is 2.34. The van der Waals surface area contributed by atoms with Crippen molar-refractivity contribution in [1.29, 1.82) is 0 Å². The molecule has 0 N–H and O–H groups in total. The van der Waals surface area contributed by atoms with Gasteiger partial charge in [-0.3, -0.25) is 0 Å². The van der Waals surface area contributed by atoms with Gasteiger partial charge in [-0.25, -0.2) is 8.42 Å². The summed E-state index contributed by atoms with van der Waals surface area (Å²) in [5.41, 5.74) is 0.571. The minimum Gasteiger partial charge on any atom is -0.212 e. The van der Waals surface area contributed by atoms with Gasteiger partial charge in [-0.05, 0) is 43.1 Å². The van der Waals surface area contributed by atoms with Crippen molar-refractivity contribution in [3.05, 3.63) is 11.1 Å². The van der Waals surface area contributed by atoms with Gasteiger partial charge in [-0.15, -0.1) is 5.10 Å². The van der Waals surface area contributed by atoms with E-state index in [0.717, 1.165) is 25.2 Å². The van der Waals surface area contributed by atoms with Gasteiger partial charge in [0.2, 0.25) is 10.0 Å². The fraction of sp³-hybridized carbons (Fsp3) is 0.857. The van der Waals surface area contributed by atoms with Crippen LogP contribution in [0.2, 0.25) is 0 Å². The third kappa shape index (κ3) is 3.81. The van der Waals surface area contributed by atoms with Crippen molar-refractivity contribution in [2.75, 3.05) is 6.54 Å². The van der Waals surface area contributed by atoms with Gasteiger partial charge in [0.25, 0.3) is 0 Å². The van der Waals surface area contributed by atoms with Crippen LogP contribution < -0.4 is 0 Å². The quantitative estimate of drug-likeness (QED) is 0.805. The smallest absolute Gasteiger partial charge is 0.212 e. The molecular weight excluding hydrogens is 306 g/mol. The Kier molecular flexibility index (Phi) is 4.91. The van der Waals surface area contributed by atoms with E-state index < -0.39 is 10.0 Å². The van der Waals surface area contributed by atoms with E-state index in [9.17, 15) is 8.42 Å². The van der Waals surface area contributed by atoms with E-state index in [4.69, 9.17) is 0 Å². The second-order valence-electron chi connectivity index (χ2n) is 6.29. The van der Waals surface area contributed by atoms with E-state index in [2.05, 4.69) is 9.59 Å². The SMILES string of the molecule is O=S(=O)(Cc1csnn1)N1CCCC1CCC1CCCC1. The molecule has 1 atom stereocenters. The number of aromatic nitrogens is 2. The zero-order valence-electron chi connectivity index (χ0n) is 12.3. The van der Waals surface area contributed by atoms with E-state index in [-0.39, 0.29) is 11.8 Å². The minimum atomic E-state index is -3.24. The molecule has 1 aromatic heterocycles. The number of nitrogens with zero attached hydrogens (tertiary/aromatic N) is 3. The molecule has 0 amide bonds. The highest BCUT2D eigenvalue weighted by molar-refractivity contribution is 7.88. The lowest BCUT2D eigenvalue weighted by Crippen LogP contribution is -2.36. The molecule has 1 saturated carbocycles. The molecule has 1 aromatic rings. The van der Waals surface area contributed by atoms with Gasteiger partial charge in [0, 0.05) is 18.0 Å². The van der Waals surface area contributed by atoms with Crippen molar-refractivity contribution in [3.8, 4) is 0 Å². The van der Waals surface area contributed by atoms with Crippen LogP contribution in [0, 0.1) is 5.92 Å². The van der Waals surface area contributed by atoms with Crippen LogP contribution in [0.15, 0.2) is 5.38 Å². The topological polar surface area (TPSA) is 63.2 Å². The Bertz CT molecular complexity index is 539. The Hall–Kier alpha value is -0.530. The molecule has 118 valence electrons. The van der Waals surface area contributed by atoms with Crippen molar-refractivity contribution in [2.45, 2.75) is 63.2 Å². The summed E-state index contributed by atoms with van der Waals surface area (Å²) in [6, 6.07) is 0.210. The maximum Gasteiger partial charge on any atom is 0.220 e. The number of rotatable bonds is 6. The van der Waals surface area contributed by atoms with Crippen LogP contribution in [0.25, 0.3) is 0 Å². The Morgan fingerprint density at radius 3 is 2.71 bits per heavy atom. The second-order valence-corrected chi connectivity index (χ2v) is 8.82. The summed E-state index contributed by atoms with van der Waals surface area (Å²) in [5.74, 6) is 0.835. The molecule has 1 aliphatic carbocycles. The summed E-state index contributed by atoms with van der Waals surface area (Å²) in [7, 11) is -3.24. The molecule has 0 radical (unpaired) electrons. The summed E-state index contributed by atoms with van der Waals surface area (Å²) in [6.45, 7) is 0.676. The summed E-state index contributed by atoms with van der Waals surface area (Å²) < 4.78 is 30.6. The van der Waals surface area contributed by atoms with Crippen molar-refractivity contribution in [2.24, 2.45) is 5.92 Å². The molecule has 5 nitrogen and oxygen atoms in total. The summed E-state index contributed by atoms with van der Waals surface area (Å²) in [5, 5.41) is 5.59. The van der Waals surface area contributed by atoms with Crippen LogP contribution in [0.1, 0.15) is 57.1 Å². The Morgan fingerprint density at radius 2 is 2.00 bits per heavy atom. The number of hydrogen-bond acceptors (Lipinski definition) is 5. The van der Waals surface area contributed by atoms with Crippen LogP contribution in [0.4, 0.5) is 0 Å². The first-order valence-corrected chi connectivity index (χ1v) is 10.4. The maximum atomic E-state index is 12.6. The summed E-state index contributed by atoms with van der Waals surface area (Å²) >= 11 is 1.21. The Morgan fingerprint density at radius 1 is 1.19 bits per heavy atom. The molecule has 2 fully saturated rings. The van der Waals surface area contributed by atoms with Gasteiger partial charge in [-0.2, -0.15) is 4.31 Å². The summed E-state index contributed by atoms with van der Waals surface area (Å²) in [4.78, 5) is 0. The molecule has 3 rings (SSSR count). The minimum absolute atomic E-state index is 0.00340. The van der Waals surface area contributed by atoms with Crippen LogP contribution in [0.5, 0.6) is 0 Å². The van der Waals surface area contributed by atoms with Gasteiger partial charge in [0.1, 0.15) is 5.75 Å². The first kappa shape index (κ1) is 15.4. The molecule has 2 aliphatic rings. The molecule has 1 aliphatic heterocycles. The predicted molar refractivity (Wildman–Crippen MR) is 83.5 cm³/mol. The van der Waals surface area contributed by atoms with Crippen molar-refractivity contribution >= 4 is 21.6 Å². The molecule has 0 aromatic carbocycles. The predicted octanol–water partition coefficient (Wildman–Crippen LogP) is 2.80. The average Bonchev–Trinajstić information content (AvgIpc) is 3.18. The lowest BCUT2D eigenvalue weighted by Gasteiger charge is -2.24. The highest BCUT2D eigenvalue weighted by atomic mass is 32.2. The first-order valence-electron chi connectivity index (χ1n) is 7.90. The van der Waals surface area contributed by atoms with E-state index in [0.29, 0.717) is 12.2 Å². The second kappa shape index (κ2) is 6.71. The Labute approximate surface area is 131 Å². The first-order chi connectivity index (χ1) is 10.1. The number of sulfonamides is 1. The van der Waals surface area contributed by atoms with Crippen LogP contribution in [-0.2, 0) is 15.8 Å². The zero-order chi connectivity index (χ0) is 14.7. The van der Waals surface area contributed by atoms with Gasteiger partial charge in [0.05, 0.1) is 5.69 Å². The molecule has 21 heavy (non-hydrogen) atoms. The van der Waals surface area contributed by atoms with Crippen LogP contribution in [0.3, 0.4) is 0 Å². The van der Waals surface area contributed by atoms with Gasteiger partial charge >= 0.3 is 0 Å². The van der Waals surface area contributed by atoms with Crippen molar-refractivity contribution in [1.82, 2.24) is 13.9 Å². The Balaban J connectivity index is 1.59. The average molecular weight is 329 g/mol. The normalized spacial score (nSPS) is 24.9. The highest BCUT2D eigenvalue weighted by Crippen LogP contribution is 2.32. The van der Waals surface area contributed by atoms with Gasteiger partial charge in [-0.1, -0.05) is 30.2 Å².